The number of hydrogen-bond donors (Lipinski definition) is 0. The topological polar surface area (TPSA) is 18.5 Å². The highest BCUT2D eigenvalue weighted by Crippen LogP contribution is 2.20. The molecule has 0 aliphatic carbocycles. The number of hydrogen-bond acceptors (Lipinski definition) is 2. The smallest absolute Gasteiger partial charge is 0.119 e. The average molecular weight is 246 g/mol. The number of fused-ring (bicyclic) bond motifs is 1. The first-order valence-corrected chi connectivity index (χ1v) is 6.51. The quantitative estimate of drug-likeness (QED) is 0.801. The highest BCUT2D eigenvalue weighted by atomic mass is 16.5. The Morgan fingerprint density at radius 1 is 0.778 bits per heavy atom. The summed E-state index contributed by atoms with van der Waals surface area (Å²) in [5.74, 6) is 0.946. The van der Waals surface area contributed by atoms with Gasteiger partial charge in [0.05, 0.1) is 6.61 Å². The lowest BCUT2D eigenvalue weighted by Gasteiger charge is -2.03. The van der Waals surface area contributed by atoms with Gasteiger partial charge in [-0.2, -0.15) is 0 Å². The summed E-state index contributed by atoms with van der Waals surface area (Å²) in [4.78, 5) is 0. The van der Waals surface area contributed by atoms with Gasteiger partial charge in [-0.05, 0) is 43.7 Å². The first kappa shape index (κ1) is 14.5. The first-order valence-electron chi connectivity index (χ1n) is 6.51. The van der Waals surface area contributed by atoms with Gasteiger partial charge >= 0.3 is 0 Å². The van der Waals surface area contributed by atoms with Crippen molar-refractivity contribution in [1.29, 1.82) is 0 Å². The van der Waals surface area contributed by atoms with Crippen LogP contribution in [0.4, 0.5) is 0 Å². The number of ether oxygens (including phenoxy) is 2. The molecular formula is C16H22O2. The molecule has 0 heterocycles. The number of rotatable bonds is 4. The minimum absolute atomic E-state index is 0.721. The van der Waals surface area contributed by atoms with Crippen molar-refractivity contribution < 1.29 is 9.47 Å². The zero-order valence-corrected chi connectivity index (χ0v) is 11.5. The highest BCUT2D eigenvalue weighted by molar-refractivity contribution is 5.83. The first-order chi connectivity index (χ1) is 8.81. The van der Waals surface area contributed by atoms with Gasteiger partial charge in [-0.3, -0.25) is 0 Å². The van der Waals surface area contributed by atoms with Crippen molar-refractivity contribution in [2.45, 2.75) is 20.8 Å². The van der Waals surface area contributed by atoms with Gasteiger partial charge in [0, 0.05) is 13.2 Å². The molecule has 2 aromatic rings. The Hall–Kier alpha value is -1.54. The van der Waals surface area contributed by atoms with Gasteiger partial charge in [-0.25, -0.2) is 0 Å². The molecule has 0 unspecified atom stereocenters. The average Bonchev–Trinajstić information content (AvgIpc) is 2.41. The Bertz CT molecular complexity index is 450. The summed E-state index contributed by atoms with van der Waals surface area (Å²) in [6.45, 7) is 8.38. The Balaban J connectivity index is 0.000000280. The molecule has 0 aromatic heterocycles. The van der Waals surface area contributed by atoms with Crippen LogP contribution in [0, 0.1) is 0 Å². The summed E-state index contributed by atoms with van der Waals surface area (Å²) in [6, 6.07) is 14.4. The normalized spacial score (nSPS) is 9.72. The molecule has 0 saturated heterocycles. The maximum atomic E-state index is 5.41. The summed E-state index contributed by atoms with van der Waals surface area (Å²) in [5, 5.41) is 2.49. The van der Waals surface area contributed by atoms with Crippen LogP contribution in [0.3, 0.4) is 0 Å². The van der Waals surface area contributed by atoms with Crippen LogP contribution >= 0.6 is 0 Å². The van der Waals surface area contributed by atoms with Crippen molar-refractivity contribution in [3.05, 3.63) is 42.5 Å². The Morgan fingerprint density at radius 2 is 1.44 bits per heavy atom. The molecule has 0 fully saturated rings. The number of benzene rings is 2. The van der Waals surface area contributed by atoms with Crippen LogP contribution in [-0.4, -0.2) is 19.8 Å². The van der Waals surface area contributed by atoms with Crippen molar-refractivity contribution in [3.63, 3.8) is 0 Å². The van der Waals surface area contributed by atoms with Gasteiger partial charge in [0.15, 0.2) is 0 Å². The van der Waals surface area contributed by atoms with Gasteiger partial charge in [0.25, 0.3) is 0 Å². The van der Waals surface area contributed by atoms with E-state index in [1.807, 2.05) is 39.0 Å². The molecule has 2 rings (SSSR count). The molecule has 0 aliphatic heterocycles. The molecule has 98 valence electrons. The van der Waals surface area contributed by atoms with Crippen molar-refractivity contribution >= 4 is 10.8 Å². The highest BCUT2D eigenvalue weighted by Gasteiger charge is 1.94. The minimum atomic E-state index is 0.721. The van der Waals surface area contributed by atoms with Gasteiger partial charge in [-0.15, -0.1) is 0 Å². The maximum Gasteiger partial charge on any atom is 0.119 e. The third kappa shape index (κ3) is 4.76. The molecule has 2 nitrogen and oxygen atoms in total. The Morgan fingerprint density at radius 3 is 2.00 bits per heavy atom. The van der Waals surface area contributed by atoms with Crippen molar-refractivity contribution in [2.75, 3.05) is 19.8 Å². The predicted molar refractivity (Wildman–Crippen MR) is 77.3 cm³/mol. The summed E-state index contributed by atoms with van der Waals surface area (Å²) in [5.41, 5.74) is 0. The Kier molecular flexibility index (Phi) is 6.89. The predicted octanol–water partition coefficient (Wildman–Crippen LogP) is 4.28. The van der Waals surface area contributed by atoms with Crippen LogP contribution in [-0.2, 0) is 4.74 Å². The fourth-order valence-corrected chi connectivity index (χ4v) is 1.63. The standard InChI is InChI=1S/C12H12O.C4H10O/c1-2-13-12-8-7-10-5-3-4-6-11(10)9-12;1-3-5-4-2/h3-9H,2H2,1H3;3-4H2,1-2H3. The van der Waals surface area contributed by atoms with Crippen molar-refractivity contribution in [1.82, 2.24) is 0 Å². The zero-order chi connectivity index (χ0) is 13.2. The van der Waals surface area contributed by atoms with E-state index in [1.54, 1.807) is 0 Å². The van der Waals surface area contributed by atoms with E-state index in [4.69, 9.17) is 9.47 Å². The summed E-state index contributed by atoms with van der Waals surface area (Å²) >= 11 is 0. The van der Waals surface area contributed by atoms with Crippen molar-refractivity contribution in [2.24, 2.45) is 0 Å². The maximum absolute atomic E-state index is 5.41. The summed E-state index contributed by atoms with van der Waals surface area (Å²) in [6.07, 6.45) is 0. The molecule has 0 bridgehead atoms. The lowest BCUT2D eigenvalue weighted by molar-refractivity contribution is 0.162. The fourth-order valence-electron chi connectivity index (χ4n) is 1.63. The van der Waals surface area contributed by atoms with E-state index in [0.717, 1.165) is 25.6 Å². The van der Waals surface area contributed by atoms with Crippen LogP contribution < -0.4 is 4.74 Å². The summed E-state index contributed by atoms with van der Waals surface area (Å²) < 4.78 is 10.2. The molecule has 0 spiro atoms. The second-order valence-corrected chi connectivity index (χ2v) is 3.72. The van der Waals surface area contributed by atoms with Crippen LogP contribution in [0.25, 0.3) is 10.8 Å². The molecule has 0 atom stereocenters. The van der Waals surface area contributed by atoms with E-state index >= 15 is 0 Å². The Labute approximate surface area is 110 Å². The van der Waals surface area contributed by atoms with Gasteiger partial charge < -0.3 is 9.47 Å². The third-order valence-electron chi connectivity index (χ3n) is 2.44. The second-order valence-electron chi connectivity index (χ2n) is 3.72. The molecule has 0 N–H and O–H groups in total. The largest absolute Gasteiger partial charge is 0.494 e. The molecule has 0 radical (unpaired) electrons. The zero-order valence-electron chi connectivity index (χ0n) is 11.5. The van der Waals surface area contributed by atoms with Gasteiger partial charge in [0.2, 0.25) is 0 Å². The van der Waals surface area contributed by atoms with E-state index in [2.05, 4.69) is 24.3 Å². The molecule has 0 aliphatic rings. The van der Waals surface area contributed by atoms with E-state index in [1.165, 1.54) is 10.8 Å². The third-order valence-corrected chi connectivity index (χ3v) is 2.44. The van der Waals surface area contributed by atoms with E-state index in [9.17, 15) is 0 Å². The van der Waals surface area contributed by atoms with Gasteiger partial charge in [0.1, 0.15) is 5.75 Å². The molecule has 2 heteroatoms. The van der Waals surface area contributed by atoms with Gasteiger partial charge in [-0.1, -0.05) is 30.3 Å². The molecule has 2 aromatic carbocycles. The molecule has 18 heavy (non-hydrogen) atoms. The second kappa shape index (κ2) is 8.54. The lowest BCUT2D eigenvalue weighted by Crippen LogP contribution is -1.90. The molecular weight excluding hydrogens is 224 g/mol. The van der Waals surface area contributed by atoms with Crippen LogP contribution in [0.15, 0.2) is 42.5 Å². The van der Waals surface area contributed by atoms with E-state index < -0.39 is 0 Å². The lowest BCUT2D eigenvalue weighted by atomic mass is 10.1. The molecule has 0 saturated carbocycles. The monoisotopic (exact) mass is 246 g/mol. The van der Waals surface area contributed by atoms with Crippen molar-refractivity contribution in [3.8, 4) is 5.75 Å². The van der Waals surface area contributed by atoms with E-state index in [0.29, 0.717) is 0 Å². The molecule has 0 amide bonds. The fraction of sp³-hybridized carbons (Fsp3) is 0.375. The SMILES string of the molecule is CCOCC.CCOc1ccc2ccccc2c1. The summed E-state index contributed by atoms with van der Waals surface area (Å²) in [7, 11) is 0. The van der Waals surface area contributed by atoms with E-state index in [-0.39, 0.29) is 0 Å². The van der Waals surface area contributed by atoms with Crippen LogP contribution in [0.1, 0.15) is 20.8 Å². The van der Waals surface area contributed by atoms with Crippen LogP contribution in [0.2, 0.25) is 0 Å². The minimum Gasteiger partial charge on any atom is -0.494 e. The van der Waals surface area contributed by atoms with Crippen LogP contribution in [0.5, 0.6) is 5.75 Å².